The topological polar surface area (TPSA) is 72.2 Å². The lowest BCUT2D eigenvalue weighted by atomic mass is 10.1. The Hall–Kier alpha value is -2.69. The number of hydrogen-bond donors (Lipinski definition) is 1. The van der Waals surface area contributed by atoms with Gasteiger partial charge in [0.2, 0.25) is 0 Å². The molecule has 22 heavy (non-hydrogen) atoms. The third kappa shape index (κ3) is 3.91. The molecule has 0 aromatic heterocycles. The van der Waals surface area contributed by atoms with Gasteiger partial charge < -0.3 is 5.32 Å². The lowest BCUT2D eigenvalue weighted by molar-refractivity contribution is -0.384. The molecule has 5 heteroatoms. The van der Waals surface area contributed by atoms with E-state index in [0.29, 0.717) is 18.5 Å². The highest BCUT2D eigenvalue weighted by Gasteiger charge is 2.07. The largest absolute Gasteiger partial charge is 0.352 e. The Labute approximate surface area is 129 Å². The third-order valence-corrected chi connectivity index (χ3v) is 3.62. The van der Waals surface area contributed by atoms with Crippen molar-refractivity contribution in [2.45, 2.75) is 20.3 Å². The van der Waals surface area contributed by atoms with Crippen molar-refractivity contribution in [3.63, 3.8) is 0 Å². The van der Waals surface area contributed by atoms with E-state index in [1.165, 1.54) is 12.1 Å². The van der Waals surface area contributed by atoms with E-state index >= 15 is 0 Å². The minimum Gasteiger partial charge on any atom is -0.352 e. The Morgan fingerprint density at radius 3 is 2.36 bits per heavy atom. The van der Waals surface area contributed by atoms with Crippen molar-refractivity contribution in [2.24, 2.45) is 0 Å². The van der Waals surface area contributed by atoms with Crippen molar-refractivity contribution in [3.8, 4) is 0 Å². The molecule has 0 aliphatic rings. The van der Waals surface area contributed by atoms with Gasteiger partial charge in [-0.3, -0.25) is 14.9 Å². The second kappa shape index (κ2) is 6.85. The Bertz CT molecular complexity index is 694. The Balaban J connectivity index is 1.88. The first kappa shape index (κ1) is 15.7. The molecule has 0 bridgehead atoms. The summed E-state index contributed by atoms with van der Waals surface area (Å²) in [6.45, 7) is 4.47. The molecule has 114 valence electrons. The number of hydrogen-bond acceptors (Lipinski definition) is 3. The van der Waals surface area contributed by atoms with Gasteiger partial charge in [0.25, 0.3) is 11.6 Å². The molecule has 0 spiro atoms. The fraction of sp³-hybridized carbons (Fsp3) is 0.235. The number of nitrogens with zero attached hydrogens (tertiary/aromatic N) is 1. The van der Waals surface area contributed by atoms with Crippen molar-refractivity contribution in [2.75, 3.05) is 6.54 Å². The Morgan fingerprint density at radius 2 is 1.77 bits per heavy atom. The molecule has 0 unspecified atom stereocenters. The molecule has 0 heterocycles. The van der Waals surface area contributed by atoms with Crippen LogP contribution in [0.3, 0.4) is 0 Å². The van der Waals surface area contributed by atoms with E-state index in [1.807, 2.05) is 32.0 Å². The normalized spacial score (nSPS) is 10.3. The summed E-state index contributed by atoms with van der Waals surface area (Å²) < 4.78 is 0. The molecule has 0 radical (unpaired) electrons. The summed E-state index contributed by atoms with van der Waals surface area (Å²) >= 11 is 0. The average molecular weight is 298 g/mol. The average Bonchev–Trinajstić information content (AvgIpc) is 2.50. The van der Waals surface area contributed by atoms with Crippen molar-refractivity contribution >= 4 is 11.6 Å². The van der Waals surface area contributed by atoms with Crippen LogP contribution in [0.4, 0.5) is 5.69 Å². The maximum atomic E-state index is 12.0. The molecule has 0 aliphatic heterocycles. The van der Waals surface area contributed by atoms with Gasteiger partial charge in [0, 0.05) is 24.2 Å². The fourth-order valence-electron chi connectivity index (χ4n) is 2.09. The predicted octanol–water partition coefficient (Wildman–Crippen LogP) is 3.18. The summed E-state index contributed by atoms with van der Waals surface area (Å²) in [5, 5.41) is 13.4. The van der Waals surface area contributed by atoms with Crippen LogP contribution in [0.15, 0.2) is 42.5 Å². The van der Waals surface area contributed by atoms with Crippen LogP contribution in [0.5, 0.6) is 0 Å². The molecule has 0 aliphatic carbocycles. The van der Waals surface area contributed by atoms with E-state index < -0.39 is 4.92 Å². The highest BCUT2D eigenvalue weighted by molar-refractivity contribution is 5.94. The van der Waals surface area contributed by atoms with Crippen molar-refractivity contribution in [1.29, 1.82) is 0 Å². The summed E-state index contributed by atoms with van der Waals surface area (Å²) in [6, 6.07) is 12.0. The number of amides is 1. The number of benzene rings is 2. The lowest BCUT2D eigenvalue weighted by Gasteiger charge is -2.07. The quantitative estimate of drug-likeness (QED) is 0.680. The van der Waals surface area contributed by atoms with Crippen LogP contribution in [0.25, 0.3) is 0 Å². The van der Waals surface area contributed by atoms with Crippen molar-refractivity contribution in [3.05, 3.63) is 74.8 Å². The van der Waals surface area contributed by atoms with Gasteiger partial charge in [0.05, 0.1) is 4.92 Å². The molecule has 0 fully saturated rings. The van der Waals surface area contributed by atoms with Crippen LogP contribution >= 0.6 is 0 Å². The maximum absolute atomic E-state index is 12.0. The Kier molecular flexibility index (Phi) is 4.88. The first-order chi connectivity index (χ1) is 10.5. The first-order valence-corrected chi connectivity index (χ1v) is 7.06. The van der Waals surface area contributed by atoms with Gasteiger partial charge in [-0.25, -0.2) is 0 Å². The predicted molar refractivity (Wildman–Crippen MR) is 85.0 cm³/mol. The van der Waals surface area contributed by atoms with Crippen molar-refractivity contribution in [1.82, 2.24) is 5.32 Å². The minimum absolute atomic E-state index is 0.0721. The summed E-state index contributed by atoms with van der Waals surface area (Å²) in [4.78, 5) is 22.2. The zero-order valence-electron chi connectivity index (χ0n) is 12.6. The van der Waals surface area contributed by atoms with E-state index in [-0.39, 0.29) is 11.6 Å². The van der Waals surface area contributed by atoms with Gasteiger partial charge >= 0.3 is 0 Å². The minimum atomic E-state index is -0.425. The third-order valence-electron chi connectivity index (χ3n) is 3.62. The van der Waals surface area contributed by atoms with Gasteiger partial charge in [0.15, 0.2) is 0 Å². The second-order valence-electron chi connectivity index (χ2n) is 5.23. The summed E-state index contributed by atoms with van der Waals surface area (Å²) in [6.07, 6.45) is 0.634. The number of nitro groups is 1. The standard InChI is InChI=1S/C17H18N2O3/c1-12-3-6-15(11-13(12)2)17(20)18-10-9-14-4-7-16(8-5-14)19(21)22/h3-8,11H,9-10H2,1-2H3,(H,18,20). The van der Waals surface area contributed by atoms with Gasteiger partial charge in [-0.2, -0.15) is 0 Å². The van der Waals surface area contributed by atoms with Crippen LogP contribution in [-0.4, -0.2) is 17.4 Å². The maximum Gasteiger partial charge on any atom is 0.269 e. The first-order valence-electron chi connectivity index (χ1n) is 7.06. The molecule has 2 rings (SSSR count). The fourth-order valence-corrected chi connectivity index (χ4v) is 2.09. The molecule has 1 amide bonds. The van der Waals surface area contributed by atoms with Crippen LogP contribution in [0, 0.1) is 24.0 Å². The zero-order valence-corrected chi connectivity index (χ0v) is 12.6. The number of rotatable bonds is 5. The lowest BCUT2D eigenvalue weighted by Crippen LogP contribution is -2.25. The molecule has 2 aromatic carbocycles. The highest BCUT2D eigenvalue weighted by Crippen LogP contribution is 2.12. The number of non-ortho nitro benzene ring substituents is 1. The zero-order chi connectivity index (χ0) is 16.1. The second-order valence-corrected chi connectivity index (χ2v) is 5.23. The van der Waals surface area contributed by atoms with Gasteiger partial charge in [-0.15, -0.1) is 0 Å². The highest BCUT2D eigenvalue weighted by atomic mass is 16.6. The van der Waals surface area contributed by atoms with Crippen LogP contribution in [0.1, 0.15) is 27.0 Å². The van der Waals surface area contributed by atoms with Gasteiger partial charge in [-0.1, -0.05) is 18.2 Å². The Morgan fingerprint density at radius 1 is 1.09 bits per heavy atom. The number of carbonyl (C=O) groups excluding carboxylic acids is 1. The summed E-state index contributed by atoms with van der Waals surface area (Å²) in [5.41, 5.74) is 3.91. The van der Waals surface area contributed by atoms with Crippen LogP contribution in [0.2, 0.25) is 0 Å². The van der Waals surface area contributed by atoms with E-state index in [1.54, 1.807) is 12.1 Å². The number of nitrogens with one attached hydrogen (secondary N) is 1. The monoisotopic (exact) mass is 298 g/mol. The van der Waals surface area contributed by atoms with Gasteiger partial charge in [0.1, 0.15) is 0 Å². The van der Waals surface area contributed by atoms with Crippen LogP contribution < -0.4 is 5.32 Å². The molecular formula is C17H18N2O3. The van der Waals surface area contributed by atoms with Crippen LogP contribution in [-0.2, 0) is 6.42 Å². The van der Waals surface area contributed by atoms with E-state index in [0.717, 1.165) is 16.7 Å². The SMILES string of the molecule is Cc1ccc(C(=O)NCCc2ccc([N+](=O)[O-])cc2)cc1C. The number of carbonyl (C=O) groups is 1. The smallest absolute Gasteiger partial charge is 0.269 e. The van der Waals surface area contributed by atoms with Gasteiger partial charge in [-0.05, 0) is 49.1 Å². The number of aryl methyl sites for hydroxylation is 2. The molecule has 2 aromatic rings. The van der Waals surface area contributed by atoms with E-state index in [4.69, 9.17) is 0 Å². The van der Waals surface area contributed by atoms with E-state index in [9.17, 15) is 14.9 Å². The molecule has 0 saturated carbocycles. The van der Waals surface area contributed by atoms with E-state index in [2.05, 4.69) is 5.32 Å². The number of nitro benzene ring substituents is 1. The molecule has 0 atom stereocenters. The molecular weight excluding hydrogens is 280 g/mol. The molecule has 1 N–H and O–H groups in total. The summed E-state index contributed by atoms with van der Waals surface area (Å²) in [7, 11) is 0. The summed E-state index contributed by atoms with van der Waals surface area (Å²) in [5.74, 6) is -0.106. The molecule has 0 saturated heterocycles. The molecule has 5 nitrogen and oxygen atoms in total. The van der Waals surface area contributed by atoms with Crippen molar-refractivity contribution < 1.29 is 9.72 Å².